The molecule has 1 fully saturated rings. The lowest BCUT2D eigenvalue weighted by Gasteiger charge is -2.20. The summed E-state index contributed by atoms with van der Waals surface area (Å²) in [6.45, 7) is 7.50. The Morgan fingerprint density at radius 3 is 2.36 bits per heavy atom. The number of imide groups is 1. The van der Waals surface area contributed by atoms with Crippen molar-refractivity contribution < 1.29 is 19.1 Å². The number of carbonyl (C=O) groups is 3. The number of rotatable bonds is 6. The Bertz CT molecular complexity index is 696. The number of benzene rings is 1. The second-order valence-electron chi connectivity index (χ2n) is 5.51. The number of nitrogens with zero attached hydrogens (tertiary/aromatic N) is 2. The largest absolute Gasteiger partial charge is 0.467 e. The Labute approximate surface area is 151 Å². The first kappa shape index (κ1) is 19.1. The lowest BCUT2D eigenvalue weighted by atomic mass is 10.1. The number of ether oxygens (including phenoxy) is 1. The first-order chi connectivity index (χ1) is 11.9. The first-order valence-electron chi connectivity index (χ1n) is 8.12. The smallest absolute Gasteiger partial charge is 0.328 e. The summed E-state index contributed by atoms with van der Waals surface area (Å²) in [5, 5.41) is -0.464. The highest BCUT2D eigenvalue weighted by Crippen LogP contribution is 2.34. The van der Waals surface area contributed by atoms with Crippen LogP contribution in [-0.2, 0) is 14.3 Å². The summed E-state index contributed by atoms with van der Waals surface area (Å²) in [5.41, 5.74) is 1.93. The molecular formula is C18H22N2O4S. The van der Waals surface area contributed by atoms with Crippen LogP contribution in [-0.4, -0.2) is 48.3 Å². The molecule has 2 amide bonds. The zero-order valence-corrected chi connectivity index (χ0v) is 15.6. The molecule has 1 heterocycles. The summed E-state index contributed by atoms with van der Waals surface area (Å²) in [6, 6.07) is 6.85. The van der Waals surface area contributed by atoms with Gasteiger partial charge in [0, 0.05) is 18.8 Å². The fourth-order valence-corrected chi connectivity index (χ4v) is 3.52. The SMILES string of the molecule is CCN(CC)c1ccc(/C=C2\SC(=O)N([C@H](C)C(=O)OC)C2=O)cc1. The number of hydrogen-bond donors (Lipinski definition) is 0. The van der Waals surface area contributed by atoms with E-state index in [1.807, 2.05) is 24.3 Å². The predicted molar refractivity (Wildman–Crippen MR) is 99.3 cm³/mol. The van der Waals surface area contributed by atoms with Gasteiger partial charge in [-0.3, -0.25) is 14.5 Å². The maximum atomic E-state index is 12.4. The van der Waals surface area contributed by atoms with E-state index in [-0.39, 0.29) is 0 Å². The number of anilines is 1. The first-order valence-corrected chi connectivity index (χ1v) is 8.94. The maximum Gasteiger partial charge on any atom is 0.328 e. The molecule has 6 nitrogen and oxygen atoms in total. The molecule has 0 spiro atoms. The van der Waals surface area contributed by atoms with Crippen molar-refractivity contribution in [2.75, 3.05) is 25.1 Å². The van der Waals surface area contributed by atoms with Gasteiger partial charge in [-0.15, -0.1) is 0 Å². The summed E-state index contributed by atoms with van der Waals surface area (Å²) in [5.74, 6) is -1.09. The van der Waals surface area contributed by atoms with E-state index in [1.165, 1.54) is 14.0 Å². The molecule has 1 aliphatic rings. The van der Waals surface area contributed by atoms with Gasteiger partial charge in [-0.2, -0.15) is 0 Å². The van der Waals surface area contributed by atoms with Crippen LogP contribution in [0.25, 0.3) is 6.08 Å². The molecule has 0 unspecified atom stereocenters. The van der Waals surface area contributed by atoms with Crippen LogP contribution in [0.4, 0.5) is 10.5 Å². The molecule has 0 bridgehead atoms. The van der Waals surface area contributed by atoms with Crippen LogP contribution in [0.3, 0.4) is 0 Å². The minimum absolute atomic E-state index is 0.302. The molecule has 1 aromatic carbocycles. The third kappa shape index (κ3) is 4.04. The molecule has 7 heteroatoms. The van der Waals surface area contributed by atoms with E-state index in [0.29, 0.717) is 4.91 Å². The number of thioether (sulfide) groups is 1. The van der Waals surface area contributed by atoms with Gasteiger partial charge in [-0.1, -0.05) is 12.1 Å². The van der Waals surface area contributed by atoms with E-state index < -0.39 is 23.2 Å². The van der Waals surface area contributed by atoms with Crippen LogP contribution >= 0.6 is 11.8 Å². The van der Waals surface area contributed by atoms with E-state index in [4.69, 9.17) is 0 Å². The van der Waals surface area contributed by atoms with Crippen LogP contribution in [0.1, 0.15) is 26.3 Å². The highest BCUT2D eigenvalue weighted by atomic mass is 32.2. The molecule has 0 N–H and O–H groups in total. The molecule has 25 heavy (non-hydrogen) atoms. The molecular weight excluding hydrogens is 340 g/mol. The Kier molecular flexibility index (Phi) is 6.25. The molecule has 134 valence electrons. The third-order valence-corrected chi connectivity index (χ3v) is 4.96. The zero-order chi connectivity index (χ0) is 18.6. The van der Waals surface area contributed by atoms with Gasteiger partial charge < -0.3 is 9.64 Å². The fourth-order valence-electron chi connectivity index (χ4n) is 2.61. The van der Waals surface area contributed by atoms with Crippen LogP contribution in [0.15, 0.2) is 29.2 Å². The van der Waals surface area contributed by atoms with E-state index in [1.54, 1.807) is 6.08 Å². The van der Waals surface area contributed by atoms with Crippen molar-refractivity contribution in [3.8, 4) is 0 Å². The summed E-state index contributed by atoms with van der Waals surface area (Å²) in [4.78, 5) is 39.6. The normalized spacial score (nSPS) is 17.1. The second kappa shape index (κ2) is 8.20. The van der Waals surface area contributed by atoms with Crippen molar-refractivity contribution in [1.29, 1.82) is 0 Å². The average Bonchev–Trinajstić information content (AvgIpc) is 2.89. The lowest BCUT2D eigenvalue weighted by molar-refractivity contribution is -0.148. The monoisotopic (exact) mass is 362 g/mol. The van der Waals surface area contributed by atoms with Gasteiger partial charge in [0.25, 0.3) is 11.1 Å². The van der Waals surface area contributed by atoms with E-state index in [9.17, 15) is 14.4 Å². The van der Waals surface area contributed by atoms with Gasteiger partial charge in [0.1, 0.15) is 6.04 Å². The maximum absolute atomic E-state index is 12.4. The fraction of sp³-hybridized carbons (Fsp3) is 0.389. The molecule has 1 aromatic rings. The second-order valence-corrected chi connectivity index (χ2v) is 6.51. The molecule has 1 aliphatic heterocycles. The summed E-state index contributed by atoms with van der Waals surface area (Å²) >= 11 is 0.833. The van der Waals surface area contributed by atoms with Gasteiger partial charge in [0.15, 0.2) is 0 Å². The van der Waals surface area contributed by atoms with Crippen molar-refractivity contribution in [2.45, 2.75) is 26.8 Å². The van der Waals surface area contributed by atoms with Crippen molar-refractivity contribution >= 4 is 40.6 Å². The van der Waals surface area contributed by atoms with Crippen LogP contribution in [0.2, 0.25) is 0 Å². The topological polar surface area (TPSA) is 66.9 Å². The summed E-state index contributed by atoms with van der Waals surface area (Å²) < 4.78 is 4.61. The highest BCUT2D eigenvalue weighted by Gasteiger charge is 2.41. The quantitative estimate of drug-likeness (QED) is 0.572. The molecule has 0 radical (unpaired) electrons. The van der Waals surface area contributed by atoms with Crippen molar-refractivity contribution in [3.63, 3.8) is 0 Å². The molecule has 1 atom stereocenters. The molecule has 0 aromatic heterocycles. The predicted octanol–water partition coefficient (Wildman–Crippen LogP) is 3.13. The zero-order valence-electron chi connectivity index (χ0n) is 14.8. The minimum Gasteiger partial charge on any atom is -0.467 e. The highest BCUT2D eigenvalue weighted by molar-refractivity contribution is 8.18. The van der Waals surface area contributed by atoms with E-state index in [2.05, 4.69) is 23.5 Å². The Balaban J connectivity index is 2.20. The van der Waals surface area contributed by atoms with Gasteiger partial charge in [-0.25, -0.2) is 4.79 Å². The number of methoxy groups -OCH3 is 1. The van der Waals surface area contributed by atoms with Gasteiger partial charge in [0.2, 0.25) is 0 Å². The van der Waals surface area contributed by atoms with Gasteiger partial charge in [-0.05, 0) is 56.3 Å². The van der Waals surface area contributed by atoms with Gasteiger partial charge >= 0.3 is 5.97 Å². The number of esters is 1. The van der Waals surface area contributed by atoms with Gasteiger partial charge in [0.05, 0.1) is 12.0 Å². The van der Waals surface area contributed by atoms with Crippen LogP contribution < -0.4 is 4.90 Å². The van der Waals surface area contributed by atoms with Crippen molar-refractivity contribution in [3.05, 3.63) is 34.7 Å². The minimum atomic E-state index is -0.937. The summed E-state index contributed by atoms with van der Waals surface area (Å²) in [6.07, 6.45) is 1.67. The molecule has 0 saturated carbocycles. The molecule has 2 rings (SSSR count). The molecule has 0 aliphatic carbocycles. The lowest BCUT2D eigenvalue weighted by Crippen LogP contribution is -2.42. The van der Waals surface area contributed by atoms with Crippen molar-refractivity contribution in [1.82, 2.24) is 4.90 Å². The van der Waals surface area contributed by atoms with Crippen LogP contribution in [0.5, 0.6) is 0 Å². The Morgan fingerprint density at radius 1 is 1.24 bits per heavy atom. The van der Waals surface area contributed by atoms with E-state index >= 15 is 0 Å². The number of amides is 2. The Hall–Kier alpha value is -2.28. The van der Waals surface area contributed by atoms with Crippen LogP contribution in [0, 0.1) is 0 Å². The molecule has 1 saturated heterocycles. The third-order valence-electron chi connectivity index (χ3n) is 4.07. The summed E-state index contributed by atoms with van der Waals surface area (Å²) in [7, 11) is 1.23. The number of carbonyl (C=O) groups excluding carboxylic acids is 3. The standard InChI is InChI=1S/C18H22N2O4S/c1-5-19(6-2)14-9-7-13(8-10-14)11-15-16(21)20(18(23)25-15)12(3)17(22)24-4/h7-12H,5-6H2,1-4H3/b15-11-/t12-/m1/s1. The number of hydrogen-bond acceptors (Lipinski definition) is 6. The average molecular weight is 362 g/mol. The Morgan fingerprint density at radius 2 is 1.84 bits per heavy atom. The van der Waals surface area contributed by atoms with Crippen molar-refractivity contribution in [2.24, 2.45) is 0 Å². The van der Waals surface area contributed by atoms with E-state index in [0.717, 1.165) is 41.0 Å².